The van der Waals surface area contributed by atoms with Gasteiger partial charge in [0.15, 0.2) is 0 Å². The molecule has 30 heavy (non-hydrogen) atoms. The SMILES string of the molecule is O=NC1C(Cl)=CC(Cl)=CC1/C=N/c1ccccc1CNCC1=CC(Cl)=CC(Cl)C1O. The second-order valence-corrected chi connectivity index (χ2v) is 8.69. The molecular formula is C21H19Cl4N3O2. The van der Waals surface area contributed by atoms with Crippen LogP contribution in [0.25, 0.3) is 0 Å². The molecule has 0 amide bonds. The average Bonchev–Trinajstić information content (AvgIpc) is 2.70. The Balaban J connectivity index is 1.68. The first-order valence-electron chi connectivity index (χ1n) is 9.18. The van der Waals surface area contributed by atoms with Gasteiger partial charge in [-0.1, -0.05) is 64.3 Å². The third kappa shape index (κ3) is 5.82. The van der Waals surface area contributed by atoms with E-state index in [1.165, 1.54) is 6.08 Å². The Morgan fingerprint density at radius 1 is 1.07 bits per heavy atom. The molecule has 4 atom stereocenters. The summed E-state index contributed by atoms with van der Waals surface area (Å²) in [4.78, 5) is 15.7. The Morgan fingerprint density at radius 2 is 1.80 bits per heavy atom. The Hall–Kier alpha value is -1.47. The minimum absolute atomic E-state index is 0.286. The summed E-state index contributed by atoms with van der Waals surface area (Å²) in [5, 5.41) is 17.2. The minimum Gasteiger partial charge on any atom is -0.387 e. The van der Waals surface area contributed by atoms with Crippen molar-refractivity contribution in [3.63, 3.8) is 0 Å². The van der Waals surface area contributed by atoms with Gasteiger partial charge in [-0.25, -0.2) is 0 Å². The van der Waals surface area contributed by atoms with E-state index >= 15 is 0 Å². The number of rotatable bonds is 7. The quantitative estimate of drug-likeness (QED) is 0.302. The lowest BCUT2D eigenvalue weighted by molar-refractivity contribution is 0.212. The summed E-state index contributed by atoms with van der Waals surface area (Å²) in [6.07, 6.45) is 7.36. The predicted octanol–water partition coefficient (Wildman–Crippen LogP) is 5.52. The average molecular weight is 487 g/mol. The van der Waals surface area contributed by atoms with Crippen LogP contribution in [0.1, 0.15) is 5.56 Å². The Labute approximate surface area is 194 Å². The molecule has 0 spiro atoms. The second-order valence-electron chi connectivity index (χ2n) is 6.88. The molecule has 9 heteroatoms. The topological polar surface area (TPSA) is 74.0 Å². The van der Waals surface area contributed by atoms with E-state index in [0.717, 1.165) is 11.3 Å². The van der Waals surface area contributed by atoms with E-state index in [9.17, 15) is 10.0 Å². The van der Waals surface area contributed by atoms with Crippen LogP contribution in [-0.2, 0) is 6.54 Å². The monoisotopic (exact) mass is 485 g/mol. The molecule has 0 fully saturated rings. The molecule has 158 valence electrons. The lowest BCUT2D eigenvalue weighted by Gasteiger charge is -2.22. The Morgan fingerprint density at radius 3 is 2.57 bits per heavy atom. The van der Waals surface area contributed by atoms with Gasteiger partial charge in [-0.3, -0.25) is 4.99 Å². The number of aliphatic hydroxyl groups excluding tert-OH is 1. The van der Waals surface area contributed by atoms with Crippen LogP contribution in [0.3, 0.4) is 0 Å². The van der Waals surface area contributed by atoms with Crippen LogP contribution < -0.4 is 5.32 Å². The molecule has 0 saturated heterocycles. The lowest BCUT2D eigenvalue weighted by atomic mass is 9.96. The third-order valence-corrected chi connectivity index (χ3v) is 5.90. The molecule has 2 N–H and O–H groups in total. The van der Waals surface area contributed by atoms with E-state index in [2.05, 4.69) is 15.5 Å². The number of aliphatic hydroxyl groups is 1. The van der Waals surface area contributed by atoms with Crippen LogP contribution in [0.5, 0.6) is 0 Å². The van der Waals surface area contributed by atoms with Crippen molar-refractivity contribution in [2.75, 3.05) is 6.54 Å². The van der Waals surface area contributed by atoms with E-state index in [1.807, 2.05) is 24.3 Å². The summed E-state index contributed by atoms with van der Waals surface area (Å²) < 4.78 is 0. The van der Waals surface area contributed by atoms with Gasteiger partial charge in [-0.05, 0) is 35.4 Å². The van der Waals surface area contributed by atoms with E-state index < -0.39 is 23.4 Å². The summed E-state index contributed by atoms with van der Waals surface area (Å²) in [5.41, 5.74) is 2.38. The fourth-order valence-corrected chi connectivity index (χ4v) is 4.44. The van der Waals surface area contributed by atoms with Gasteiger partial charge in [0.2, 0.25) is 0 Å². The zero-order valence-electron chi connectivity index (χ0n) is 15.7. The molecule has 2 aliphatic carbocycles. The smallest absolute Gasteiger partial charge is 0.139 e. The van der Waals surface area contributed by atoms with Crippen molar-refractivity contribution >= 4 is 58.3 Å². The first kappa shape index (κ1) is 23.2. The standard InChI is InChI=1S/C21H19Cl4N3O2/c22-15-5-13(20(28-30)17(24)7-15)11-27-19-4-2-1-3-12(19)9-26-10-14-6-16(23)8-18(25)21(14)29/h1-8,11,13,18,20-21,26,29H,9-10H2/b27-11+. The fraction of sp³-hybridized carbons (Fsp3) is 0.286. The number of allylic oxidation sites excluding steroid dienone is 4. The second kappa shape index (κ2) is 10.7. The van der Waals surface area contributed by atoms with Crippen LogP contribution in [0, 0.1) is 10.8 Å². The van der Waals surface area contributed by atoms with Crippen molar-refractivity contribution in [2.45, 2.75) is 24.1 Å². The van der Waals surface area contributed by atoms with Gasteiger partial charge in [-0.15, -0.1) is 11.6 Å². The Kier molecular flexibility index (Phi) is 8.28. The van der Waals surface area contributed by atoms with Crippen molar-refractivity contribution < 1.29 is 5.11 Å². The highest BCUT2D eigenvalue weighted by atomic mass is 35.5. The van der Waals surface area contributed by atoms with Gasteiger partial charge >= 0.3 is 0 Å². The molecule has 1 aromatic carbocycles. The van der Waals surface area contributed by atoms with Crippen LogP contribution in [-0.4, -0.2) is 35.4 Å². The molecule has 1 aromatic rings. The van der Waals surface area contributed by atoms with Crippen molar-refractivity contribution in [3.05, 3.63) is 79.7 Å². The Bertz CT molecular complexity index is 955. The maximum absolute atomic E-state index is 11.2. The molecule has 2 aliphatic rings. The highest BCUT2D eigenvalue weighted by Gasteiger charge is 2.26. The van der Waals surface area contributed by atoms with Gasteiger partial charge in [-0.2, -0.15) is 4.91 Å². The summed E-state index contributed by atoms with van der Waals surface area (Å²) in [6, 6.07) is 6.84. The van der Waals surface area contributed by atoms with Crippen molar-refractivity contribution in [3.8, 4) is 0 Å². The van der Waals surface area contributed by atoms with Crippen molar-refractivity contribution in [1.29, 1.82) is 0 Å². The number of hydrogen-bond donors (Lipinski definition) is 2. The zero-order chi connectivity index (χ0) is 21.7. The molecule has 0 radical (unpaired) electrons. The number of hydrogen-bond acceptors (Lipinski definition) is 5. The van der Waals surface area contributed by atoms with Crippen molar-refractivity contribution in [1.82, 2.24) is 5.32 Å². The minimum atomic E-state index is -0.789. The summed E-state index contributed by atoms with van der Waals surface area (Å²) in [5.74, 6) is -0.425. The summed E-state index contributed by atoms with van der Waals surface area (Å²) in [6.45, 7) is 0.925. The van der Waals surface area contributed by atoms with Crippen molar-refractivity contribution in [2.24, 2.45) is 16.1 Å². The first-order chi connectivity index (χ1) is 14.4. The summed E-state index contributed by atoms with van der Waals surface area (Å²) >= 11 is 24.3. The number of nitrogens with one attached hydrogen (secondary N) is 1. The lowest BCUT2D eigenvalue weighted by Crippen LogP contribution is -2.30. The maximum Gasteiger partial charge on any atom is 0.139 e. The number of alkyl halides is 1. The van der Waals surface area contributed by atoms with Gasteiger partial charge in [0.1, 0.15) is 6.04 Å². The molecule has 0 aliphatic heterocycles. The maximum atomic E-state index is 11.2. The first-order valence-corrected chi connectivity index (χ1v) is 10.8. The number of nitroso groups, excluding NO2 is 1. The van der Waals surface area contributed by atoms with Crippen LogP contribution in [0.2, 0.25) is 0 Å². The molecule has 0 heterocycles. The van der Waals surface area contributed by atoms with Crippen LogP contribution in [0.4, 0.5) is 5.69 Å². The van der Waals surface area contributed by atoms with Crippen LogP contribution >= 0.6 is 46.4 Å². The largest absolute Gasteiger partial charge is 0.387 e. The highest BCUT2D eigenvalue weighted by Crippen LogP contribution is 2.30. The number of nitrogens with zero attached hydrogens (tertiary/aromatic N) is 2. The van der Waals surface area contributed by atoms with E-state index in [0.29, 0.717) is 28.7 Å². The van der Waals surface area contributed by atoms with Gasteiger partial charge in [0.05, 0.1) is 17.2 Å². The van der Waals surface area contributed by atoms with E-state index in [1.54, 1.807) is 24.4 Å². The molecular weight excluding hydrogens is 468 g/mol. The third-order valence-electron chi connectivity index (χ3n) is 4.73. The number of benzene rings is 1. The molecule has 4 unspecified atom stereocenters. The molecule has 3 rings (SSSR count). The molecule has 0 bridgehead atoms. The van der Waals surface area contributed by atoms with Crippen LogP contribution in [0.15, 0.2) is 79.4 Å². The van der Waals surface area contributed by atoms with Gasteiger partial charge < -0.3 is 10.4 Å². The molecule has 0 aromatic heterocycles. The molecule has 5 nitrogen and oxygen atoms in total. The van der Waals surface area contributed by atoms with Gasteiger partial charge in [0.25, 0.3) is 0 Å². The number of para-hydroxylation sites is 1. The van der Waals surface area contributed by atoms with E-state index in [4.69, 9.17) is 46.4 Å². The molecule has 0 saturated carbocycles. The zero-order valence-corrected chi connectivity index (χ0v) is 18.7. The normalized spacial score (nSPS) is 26.7. The fourth-order valence-electron chi connectivity index (χ4n) is 3.18. The van der Waals surface area contributed by atoms with Gasteiger partial charge in [0, 0.05) is 40.3 Å². The summed E-state index contributed by atoms with van der Waals surface area (Å²) in [7, 11) is 0. The predicted molar refractivity (Wildman–Crippen MR) is 125 cm³/mol. The highest BCUT2D eigenvalue weighted by molar-refractivity contribution is 6.35. The number of aliphatic imine (C=N–C) groups is 1. The number of halogens is 4. The van der Waals surface area contributed by atoms with E-state index in [-0.39, 0.29) is 5.03 Å².